The molecule has 6 heteroatoms. The molecule has 0 fully saturated rings. The number of carboxylic acid groups (broad SMARTS) is 1. The number of hydrogen-bond acceptors (Lipinski definition) is 2. The fraction of sp³-hybridized carbons (Fsp3) is 0. The minimum Gasteiger partial charge on any atom is -0.477 e. The number of benzene rings is 1. The second-order valence-corrected chi connectivity index (χ2v) is 4.31. The number of aromatic nitrogens is 1. The molecular weight excluding hydrogens is 308 g/mol. The standard InChI is InChI=1S/C12H6BrF2NO2/c13-7-2-3-8(14)10(11(7)15)6-1-4-9(12(17)18)16-5-6/h1-5H,(H,17,18). The van der Waals surface area contributed by atoms with Gasteiger partial charge in [-0.05, 0) is 34.1 Å². The third-order valence-corrected chi connectivity index (χ3v) is 2.93. The van der Waals surface area contributed by atoms with Crippen molar-refractivity contribution in [3.63, 3.8) is 0 Å². The fourth-order valence-electron chi connectivity index (χ4n) is 1.46. The maximum absolute atomic E-state index is 13.8. The van der Waals surface area contributed by atoms with Crippen LogP contribution in [0.2, 0.25) is 0 Å². The summed E-state index contributed by atoms with van der Waals surface area (Å²) in [4.78, 5) is 14.2. The van der Waals surface area contributed by atoms with Gasteiger partial charge in [-0.25, -0.2) is 18.6 Å². The van der Waals surface area contributed by atoms with Gasteiger partial charge in [-0.2, -0.15) is 0 Å². The van der Waals surface area contributed by atoms with Crippen molar-refractivity contribution in [3.8, 4) is 11.1 Å². The summed E-state index contributed by atoms with van der Waals surface area (Å²) in [5.41, 5.74) is -0.250. The van der Waals surface area contributed by atoms with Gasteiger partial charge in [0, 0.05) is 11.8 Å². The van der Waals surface area contributed by atoms with Crippen molar-refractivity contribution in [2.75, 3.05) is 0 Å². The van der Waals surface area contributed by atoms with Crippen LogP contribution in [0.15, 0.2) is 34.9 Å². The smallest absolute Gasteiger partial charge is 0.354 e. The van der Waals surface area contributed by atoms with Gasteiger partial charge in [-0.1, -0.05) is 6.07 Å². The minimum atomic E-state index is -1.20. The number of pyridine rings is 1. The lowest BCUT2D eigenvalue weighted by Crippen LogP contribution is -2.00. The molecule has 1 aromatic heterocycles. The number of halogens is 3. The Kier molecular flexibility index (Phi) is 3.38. The van der Waals surface area contributed by atoms with E-state index in [-0.39, 0.29) is 21.3 Å². The van der Waals surface area contributed by atoms with E-state index in [2.05, 4.69) is 20.9 Å². The highest BCUT2D eigenvalue weighted by atomic mass is 79.9. The molecule has 2 rings (SSSR count). The van der Waals surface area contributed by atoms with E-state index < -0.39 is 17.6 Å². The Hall–Kier alpha value is -1.82. The third kappa shape index (κ3) is 2.24. The van der Waals surface area contributed by atoms with E-state index in [9.17, 15) is 13.6 Å². The molecule has 0 aliphatic rings. The molecule has 0 saturated carbocycles. The van der Waals surface area contributed by atoms with Gasteiger partial charge >= 0.3 is 5.97 Å². The summed E-state index contributed by atoms with van der Waals surface area (Å²) in [6, 6.07) is 4.88. The average molecular weight is 314 g/mol. The Morgan fingerprint density at radius 3 is 2.50 bits per heavy atom. The highest BCUT2D eigenvalue weighted by Gasteiger charge is 2.15. The summed E-state index contributed by atoms with van der Waals surface area (Å²) in [7, 11) is 0. The van der Waals surface area contributed by atoms with E-state index in [4.69, 9.17) is 5.11 Å². The van der Waals surface area contributed by atoms with Crippen LogP contribution in [0.5, 0.6) is 0 Å². The van der Waals surface area contributed by atoms with Crippen LogP contribution in [-0.2, 0) is 0 Å². The van der Waals surface area contributed by atoms with Gasteiger partial charge < -0.3 is 5.11 Å². The summed E-state index contributed by atoms with van der Waals surface area (Å²) < 4.78 is 27.5. The normalized spacial score (nSPS) is 10.4. The number of carboxylic acids is 1. The predicted octanol–water partition coefficient (Wildman–Crippen LogP) is 3.49. The van der Waals surface area contributed by atoms with Crippen LogP contribution in [0.1, 0.15) is 10.5 Å². The molecule has 3 nitrogen and oxygen atoms in total. The molecular formula is C12H6BrF2NO2. The van der Waals surface area contributed by atoms with Crippen LogP contribution < -0.4 is 0 Å². The van der Waals surface area contributed by atoms with Crippen molar-refractivity contribution >= 4 is 21.9 Å². The molecule has 0 amide bonds. The number of carbonyl (C=O) groups is 1. The molecule has 0 unspecified atom stereocenters. The molecule has 18 heavy (non-hydrogen) atoms. The fourth-order valence-corrected chi connectivity index (χ4v) is 1.79. The van der Waals surface area contributed by atoms with Gasteiger partial charge in [0.1, 0.15) is 17.3 Å². The number of nitrogens with zero attached hydrogens (tertiary/aromatic N) is 1. The number of rotatable bonds is 2. The Morgan fingerprint density at radius 2 is 1.94 bits per heavy atom. The maximum Gasteiger partial charge on any atom is 0.354 e. The van der Waals surface area contributed by atoms with Crippen LogP contribution in [0, 0.1) is 11.6 Å². The second-order valence-electron chi connectivity index (χ2n) is 3.46. The molecule has 1 heterocycles. The van der Waals surface area contributed by atoms with Gasteiger partial charge in [-0.15, -0.1) is 0 Å². The topological polar surface area (TPSA) is 50.2 Å². The summed E-state index contributed by atoms with van der Waals surface area (Å²) in [6.45, 7) is 0. The van der Waals surface area contributed by atoms with E-state index in [1.165, 1.54) is 18.2 Å². The lowest BCUT2D eigenvalue weighted by Gasteiger charge is -2.06. The summed E-state index contributed by atoms with van der Waals surface area (Å²) in [6.07, 6.45) is 1.12. The molecule has 1 N–H and O–H groups in total. The minimum absolute atomic E-state index is 0.126. The molecule has 0 saturated heterocycles. The van der Waals surface area contributed by atoms with Crippen LogP contribution in [0.3, 0.4) is 0 Å². The molecule has 0 atom stereocenters. The summed E-state index contributed by atoms with van der Waals surface area (Å²) in [5.74, 6) is -2.68. The predicted molar refractivity (Wildman–Crippen MR) is 64.2 cm³/mol. The second kappa shape index (κ2) is 4.81. The van der Waals surface area contributed by atoms with Crippen LogP contribution in [0.4, 0.5) is 8.78 Å². The van der Waals surface area contributed by atoms with Crippen LogP contribution in [0.25, 0.3) is 11.1 Å². The Balaban J connectivity index is 2.55. The first-order valence-electron chi connectivity index (χ1n) is 4.84. The molecule has 92 valence electrons. The molecule has 1 aromatic carbocycles. The van der Waals surface area contributed by atoms with Gasteiger partial charge in [-0.3, -0.25) is 0 Å². The quantitative estimate of drug-likeness (QED) is 0.863. The zero-order valence-electron chi connectivity index (χ0n) is 8.82. The van der Waals surface area contributed by atoms with E-state index in [1.54, 1.807) is 0 Å². The first-order chi connectivity index (χ1) is 8.50. The first-order valence-corrected chi connectivity index (χ1v) is 5.63. The number of aromatic carboxylic acids is 1. The number of hydrogen-bond donors (Lipinski definition) is 1. The lowest BCUT2D eigenvalue weighted by atomic mass is 10.1. The maximum atomic E-state index is 13.8. The van der Waals surface area contributed by atoms with Crippen LogP contribution >= 0.6 is 15.9 Å². The summed E-state index contributed by atoms with van der Waals surface area (Å²) in [5, 5.41) is 8.68. The molecule has 0 bridgehead atoms. The van der Waals surface area contributed by atoms with Gasteiger partial charge in [0.05, 0.1) is 10.0 Å². The van der Waals surface area contributed by atoms with Crippen molar-refractivity contribution < 1.29 is 18.7 Å². The van der Waals surface area contributed by atoms with Gasteiger partial charge in [0.25, 0.3) is 0 Å². The largest absolute Gasteiger partial charge is 0.477 e. The zero-order chi connectivity index (χ0) is 13.3. The molecule has 0 radical (unpaired) electrons. The molecule has 0 aliphatic heterocycles. The highest BCUT2D eigenvalue weighted by Crippen LogP contribution is 2.30. The third-order valence-electron chi connectivity index (χ3n) is 2.32. The van der Waals surface area contributed by atoms with Crippen molar-refractivity contribution in [1.29, 1.82) is 0 Å². The van der Waals surface area contributed by atoms with E-state index in [0.29, 0.717) is 0 Å². The monoisotopic (exact) mass is 313 g/mol. The van der Waals surface area contributed by atoms with Gasteiger partial charge in [0.15, 0.2) is 0 Å². The SMILES string of the molecule is O=C(O)c1ccc(-c2c(F)ccc(Br)c2F)cn1. The zero-order valence-corrected chi connectivity index (χ0v) is 10.4. The molecule has 2 aromatic rings. The van der Waals surface area contributed by atoms with Crippen molar-refractivity contribution in [2.45, 2.75) is 0 Å². The Morgan fingerprint density at radius 1 is 1.22 bits per heavy atom. The van der Waals surface area contributed by atoms with Crippen LogP contribution in [-0.4, -0.2) is 16.1 Å². The van der Waals surface area contributed by atoms with Crippen molar-refractivity contribution in [2.24, 2.45) is 0 Å². The van der Waals surface area contributed by atoms with E-state index in [0.717, 1.165) is 12.3 Å². The van der Waals surface area contributed by atoms with E-state index in [1.807, 2.05) is 0 Å². The van der Waals surface area contributed by atoms with Crippen molar-refractivity contribution in [1.82, 2.24) is 4.98 Å². The Labute approximate surface area is 109 Å². The molecule has 0 spiro atoms. The van der Waals surface area contributed by atoms with Gasteiger partial charge in [0.2, 0.25) is 0 Å². The van der Waals surface area contributed by atoms with E-state index >= 15 is 0 Å². The average Bonchev–Trinajstić information content (AvgIpc) is 2.35. The highest BCUT2D eigenvalue weighted by molar-refractivity contribution is 9.10. The Bertz CT molecular complexity index is 614. The first kappa shape index (κ1) is 12.6. The molecule has 0 aliphatic carbocycles. The summed E-state index contributed by atoms with van der Waals surface area (Å²) >= 11 is 2.96. The van der Waals surface area contributed by atoms with Crippen molar-refractivity contribution in [3.05, 3.63) is 52.3 Å². The lowest BCUT2D eigenvalue weighted by molar-refractivity contribution is 0.0690.